The van der Waals surface area contributed by atoms with Crippen LogP contribution in [-0.4, -0.2) is 27.3 Å². The number of nitrogens with one attached hydrogen (secondary N) is 1. The Labute approximate surface area is 146 Å². The Morgan fingerprint density at radius 3 is 2.56 bits per heavy atom. The molecule has 0 unspecified atom stereocenters. The van der Waals surface area contributed by atoms with Gasteiger partial charge in [-0.05, 0) is 30.7 Å². The van der Waals surface area contributed by atoms with Crippen molar-refractivity contribution in [1.29, 1.82) is 0 Å². The number of carbonyl (C=O) groups excluding carboxylic acids is 2. The summed E-state index contributed by atoms with van der Waals surface area (Å²) in [4.78, 5) is 38.1. The summed E-state index contributed by atoms with van der Waals surface area (Å²) in [6.45, 7) is 8.26. The molecule has 0 saturated heterocycles. The maximum atomic E-state index is 13.3. The highest BCUT2D eigenvalue weighted by Gasteiger charge is 2.29. The Balaban J connectivity index is 2.44. The molecule has 1 amide bonds. The van der Waals surface area contributed by atoms with E-state index in [9.17, 15) is 18.8 Å². The van der Waals surface area contributed by atoms with Crippen LogP contribution in [0.4, 0.5) is 15.8 Å². The van der Waals surface area contributed by atoms with Crippen molar-refractivity contribution in [1.82, 2.24) is 4.57 Å². The number of amides is 1. The number of carboxylic acid groups (broad SMARTS) is 1. The molecule has 2 N–H and O–H groups in total. The lowest BCUT2D eigenvalue weighted by molar-refractivity contribution is -0.131. The van der Waals surface area contributed by atoms with E-state index < -0.39 is 23.5 Å². The summed E-state index contributed by atoms with van der Waals surface area (Å²) in [5.74, 6) is -4.31. The molecule has 2 aromatic rings. The monoisotopic (exact) mass is 363 g/mol. The fourth-order valence-corrected chi connectivity index (χ4v) is 2.66. The Bertz CT molecular complexity index is 959. The second-order valence-corrected chi connectivity index (χ2v) is 5.42. The summed E-state index contributed by atoms with van der Waals surface area (Å²) in [5, 5.41) is 11.2. The third-order valence-corrected chi connectivity index (χ3v) is 3.97. The number of rotatable bonds is 4. The first-order valence-corrected chi connectivity index (χ1v) is 7.17. The molecule has 128 valence electrons. The van der Waals surface area contributed by atoms with E-state index in [1.807, 2.05) is 0 Å². The molecule has 1 heterocycles. The molecule has 25 heavy (non-hydrogen) atoms. The number of aromatic nitrogens is 1. The Hall–Kier alpha value is -3.18. The minimum Gasteiger partial charge on any atom is -0.475 e. The summed E-state index contributed by atoms with van der Waals surface area (Å²) in [7, 11) is 1.36. The number of ketones is 1. The average molecular weight is 364 g/mol. The van der Waals surface area contributed by atoms with Gasteiger partial charge in [0.2, 0.25) is 5.69 Å². The largest absolute Gasteiger partial charge is 0.475 e. The molecule has 0 spiro atoms. The highest BCUT2D eigenvalue weighted by atomic mass is 35.5. The van der Waals surface area contributed by atoms with E-state index in [0.29, 0.717) is 0 Å². The van der Waals surface area contributed by atoms with Gasteiger partial charge in [0.25, 0.3) is 11.7 Å². The number of carbonyl (C=O) groups is 3. The lowest BCUT2D eigenvalue weighted by atomic mass is 10.1. The SMILES string of the molecule is [C-]#[N+]c1cc(NC(=O)c2c(C)c(C(=O)C(=O)O)n(C)c2Cl)ccc1F. The molecular formula is C16H11ClFN3O4. The van der Waals surface area contributed by atoms with Gasteiger partial charge in [-0.15, -0.1) is 0 Å². The van der Waals surface area contributed by atoms with Gasteiger partial charge >= 0.3 is 5.97 Å². The molecule has 0 atom stereocenters. The summed E-state index contributed by atoms with van der Waals surface area (Å²) in [5.41, 5.74) is -0.311. The first-order valence-electron chi connectivity index (χ1n) is 6.79. The van der Waals surface area contributed by atoms with Crippen LogP contribution in [0.15, 0.2) is 18.2 Å². The van der Waals surface area contributed by atoms with Crippen LogP contribution in [0, 0.1) is 19.3 Å². The normalized spacial score (nSPS) is 10.2. The summed E-state index contributed by atoms with van der Waals surface area (Å²) in [6.07, 6.45) is 0. The number of carboxylic acids is 1. The molecule has 1 aromatic carbocycles. The highest BCUT2D eigenvalue weighted by Crippen LogP contribution is 2.28. The molecule has 1 aromatic heterocycles. The summed E-state index contributed by atoms with van der Waals surface area (Å²) < 4.78 is 14.4. The van der Waals surface area contributed by atoms with Crippen molar-refractivity contribution in [3.8, 4) is 0 Å². The standard InChI is InChI=1S/C16H11ClFN3O4/c1-7-11(14(17)21(3)12(7)13(22)16(24)25)15(23)20-8-4-5-9(18)10(6-8)19-2/h4-6H,1,3H3,(H,20,23)(H,24,25). The van der Waals surface area contributed by atoms with E-state index in [4.69, 9.17) is 23.3 Å². The Morgan fingerprint density at radius 1 is 1.36 bits per heavy atom. The van der Waals surface area contributed by atoms with Gasteiger partial charge in [-0.25, -0.2) is 14.0 Å². The van der Waals surface area contributed by atoms with E-state index in [1.165, 1.54) is 20.0 Å². The van der Waals surface area contributed by atoms with Crippen molar-refractivity contribution in [2.75, 3.05) is 5.32 Å². The fourth-order valence-electron chi connectivity index (χ4n) is 2.35. The number of hydrogen-bond acceptors (Lipinski definition) is 3. The summed E-state index contributed by atoms with van der Waals surface area (Å²) >= 11 is 6.06. The van der Waals surface area contributed by atoms with Gasteiger partial charge < -0.3 is 15.0 Å². The maximum Gasteiger partial charge on any atom is 0.378 e. The predicted molar refractivity (Wildman–Crippen MR) is 87.7 cm³/mol. The number of anilines is 1. The van der Waals surface area contributed by atoms with Gasteiger partial charge in [0.05, 0.1) is 12.1 Å². The van der Waals surface area contributed by atoms with E-state index in [0.717, 1.165) is 16.7 Å². The second kappa shape index (κ2) is 6.75. The molecule has 0 bridgehead atoms. The first kappa shape index (κ1) is 18.2. The zero-order valence-corrected chi connectivity index (χ0v) is 13.8. The van der Waals surface area contributed by atoms with E-state index in [2.05, 4.69) is 10.2 Å². The molecule has 0 aliphatic rings. The smallest absolute Gasteiger partial charge is 0.378 e. The van der Waals surface area contributed by atoms with Crippen LogP contribution >= 0.6 is 11.6 Å². The van der Waals surface area contributed by atoms with Gasteiger partial charge in [0.1, 0.15) is 16.7 Å². The lowest BCUT2D eigenvalue weighted by Crippen LogP contribution is -2.17. The average Bonchev–Trinajstić information content (AvgIpc) is 2.78. The Kier molecular flexibility index (Phi) is 4.90. The van der Waals surface area contributed by atoms with Crippen molar-refractivity contribution in [2.45, 2.75) is 6.92 Å². The number of Topliss-reactive ketones (excluding diaryl/α,β-unsaturated/α-hetero) is 1. The van der Waals surface area contributed by atoms with Gasteiger partial charge in [-0.2, -0.15) is 0 Å². The molecule has 0 saturated carbocycles. The van der Waals surface area contributed by atoms with Crippen molar-refractivity contribution >= 4 is 40.6 Å². The molecule has 0 radical (unpaired) electrons. The van der Waals surface area contributed by atoms with E-state index >= 15 is 0 Å². The van der Waals surface area contributed by atoms with Crippen LogP contribution < -0.4 is 5.32 Å². The van der Waals surface area contributed by atoms with Crippen molar-refractivity contribution in [3.63, 3.8) is 0 Å². The zero-order chi connectivity index (χ0) is 18.9. The van der Waals surface area contributed by atoms with E-state index in [1.54, 1.807) is 0 Å². The predicted octanol–water partition coefficient (Wildman–Crippen LogP) is 3.20. The molecule has 0 fully saturated rings. The quantitative estimate of drug-likeness (QED) is 0.495. The van der Waals surface area contributed by atoms with Crippen molar-refractivity contribution < 1.29 is 23.9 Å². The number of aliphatic carboxylic acids is 1. The highest BCUT2D eigenvalue weighted by molar-refractivity contribution is 6.41. The zero-order valence-electron chi connectivity index (χ0n) is 13.1. The van der Waals surface area contributed by atoms with Crippen LogP contribution in [0.5, 0.6) is 0 Å². The van der Waals surface area contributed by atoms with E-state index in [-0.39, 0.29) is 33.3 Å². The van der Waals surface area contributed by atoms with Crippen LogP contribution in [0.3, 0.4) is 0 Å². The number of halogens is 2. The minimum atomic E-state index is -1.67. The van der Waals surface area contributed by atoms with Gasteiger partial charge in [-0.3, -0.25) is 9.59 Å². The molecule has 9 heteroatoms. The number of nitrogens with zero attached hydrogens (tertiary/aromatic N) is 2. The van der Waals surface area contributed by atoms with Crippen LogP contribution in [0.1, 0.15) is 26.4 Å². The van der Waals surface area contributed by atoms with Crippen molar-refractivity contribution in [3.05, 3.63) is 57.4 Å². The molecule has 0 aliphatic carbocycles. The van der Waals surface area contributed by atoms with Crippen LogP contribution in [-0.2, 0) is 11.8 Å². The number of hydrogen-bond donors (Lipinski definition) is 2. The van der Waals surface area contributed by atoms with Gasteiger partial charge in [0.15, 0.2) is 0 Å². The molecular weight excluding hydrogens is 353 g/mol. The number of benzene rings is 1. The first-order chi connectivity index (χ1) is 11.7. The Morgan fingerprint density at radius 2 is 2.00 bits per heavy atom. The molecule has 0 aliphatic heterocycles. The van der Waals surface area contributed by atoms with Crippen LogP contribution in [0.2, 0.25) is 5.15 Å². The van der Waals surface area contributed by atoms with Gasteiger partial charge in [0, 0.05) is 12.7 Å². The fraction of sp³-hybridized carbons (Fsp3) is 0.125. The van der Waals surface area contributed by atoms with Gasteiger partial charge in [-0.1, -0.05) is 11.6 Å². The topological polar surface area (TPSA) is 92.8 Å². The molecule has 7 nitrogen and oxygen atoms in total. The minimum absolute atomic E-state index is 0.0811. The summed E-state index contributed by atoms with van der Waals surface area (Å²) in [6, 6.07) is 3.44. The third kappa shape index (κ3) is 3.22. The third-order valence-electron chi connectivity index (χ3n) is 3.53. The maximum absolute atomic E-state index is 13.3. The molecule has 2 rings (SSSR count). The lowest BCUT2D eigenvalue weighted by Gasteiger charge is -2.06. The second-order valence-electron chi connectivity index (χ2n) is 5.06. The van der Waals surface area contributed by atoms with Crippen molar-refractivity contribution in [2.24, 2.45) is 7.05 Å². The van der Waals surface area contributed by atoms with Crippen LogP contribution in [0.25, 0.3) is 4.85 Å².